The quantitative estimate of drug-likeness (QED) is 0.772. The van der Waals surface area contributed by atoms with Crippen molar-refractivity contribution in [1.82, 2.24) is 10.2 Å². The Morgan fingerprint density at radius 3 is 2.94 bits per heavy atom. The molecule has 2 saturated heterocycles. The summed E-state index contributed by atoms with van der Waals surface area (Å²) in [7, 11) is 1.85. The Morgan fingerprint density at radius 2 is 2.25 bits per heavy atom. The number of hydrogen-bond acceptors (Lipinski definition) is 3. The summed E-state index contributed by atoms with van der Waals surface area (Å²) in [5, 5.41) is 3.53. The molecule has 0 aromatic rings. The lowest BCUT2D eigenvalue weighted by Gasteiger charge is -2.46. The molecule has 0 saturated carbocycles. The van der Waals surface area contributed by atoms with Crippen molar-refractivity contribution >= 4 is 0 Å². The van der Waals surface area contributed by atoms with Crippen LogP contribution < -0.4 is 5.32 Å². The van der Waals surface area contributed by atoms with E-state index in [0.717, 1.165) is 19.0 Å². The predicted molar refractivity (Wildman–Crippen MR) is 66.7 cm³/mol. The molecule has 2 aliphatic rings. The largest absolute Gasteiger partial charge is 0.377 e. The van der Waals surface area contributed by atoms with Crippen molar-refractivity contribution in [3.05, 3.63) is 0 Å². The zero-order valence-corrected chi connectivity index (χ0v) is 11.0. The summed E-state index contributed by atoms with van der Waals surface area (Å²) in [6.07, 6.45) is 3.78. The summed E-state index contributed by atoms with van der Waals surface area (Å²) in [4.78, 5) is 2.64. The number of nitrogens with zero attached hydrogens (tertiary/aromatic N) is 1. The molecule has 0 aliphatic carbocycles. The lowest BCUT2D eigenvalue weighted by Crippen LogP contribution is -2.57. The first-order valence-electron chi connectivity index (χ1n) is 6.64. The summed E-state index contributed by atoms with van der Waals surface area (Å²) >= 11 is 0. The number of piperidine rings is 2. The van der Waals surface area contributed by atoms with Gasteiger partial charge in [0.15, 0.2) is 0 Å². The summed E-state index contributed by atoms with van der Waals surface area (Å²) in [6.45, 7) is 9.33. The molecule has 0 bridgehead atoms. The van der Waals surface area contributed by atoms with E-state index >= 15 is 0 Å². The van der Waals surface area contributed by atoms with Crippen LogP contribution >= 0.6 is 0 Å². The Balaban J connectivity index is 1.97. The molecule has 0 aromatic carbocycles. The molecule has 2 aliphatic heterocycles. The summed E-state index contributed by atoms with van der Waals surface area (Å²) in [5.74, 6) is 0.820. The Bertz CT molecular complexity index is 234. The van der Waals surface area contributed by atoms with Crippen LogP contribution in [0.25, 0.3) is 0 Å². The molecule has 3 atom stereocenters. The lowest BCUT2D eigenvalue weighted by atomic mass is 9.88. The van der Waals surface area contributed by atoms with Gasteiger partial charge in [0.2, 0.25) is 0 Å². The van der Waals surface area contributed by atoms with Gasteiger partial charge in [0.05, 0.1) is 5.60 Å². The minimum atomic E-state index is 0.0788. The monoisotopic (exact) mass is 226 g/mol. The number of nitrogens with one attached hydrogen (secondary N) is 1. The Labute approximate surface area is 99.5 Å². The number of rotatable bonds is 2. The minimum absolute atomic E-state index is 0.0788. The van der Waals surface area contributed by atoms with Crippen molar-refractivity contribution in [2.24, 2.45) is 5.92 Å². The Kier molecular flexibility index (Phi) is 3.88. The third-order valence-corrected chi connectivity index (χ3v) is 4.44. The van der Waals surface area contributed by atoms with E-state index in [-0.39, 0.29) is 5.60 Å². The van der Waals surface area contributed by atoms with E-state index in [2.05, 4.69) is 24.1 Å². The van der Waals surface area contributed by atoms with Crippen molar-refractivity contribution in [1.29, 1.82) is 0 Å². The van der Waals surface area contributed by atoms with Crippen LogP contribution in [0, 0.1) is 5.92 Å². The van der Waals surface area contributed by atoms with E-state index in [9.17, 15) is 0 Å². The third-order valence-electron chi connectivity index (χ3n) is 4.44. The van der Waals surface area contributed by atoms with Gasteiger partial charge in [-0.1, -0.05) is 6.92 Å². The fraction of sp³-hybridized carbons (Fsp3) is 1.00. The van der Waals surface area contributed by atoms with Gasteiger partial charge in [-0.05, 0) is 45.2 Å². The van der Waals surface area contributed by atoms with Crippen LogP contribution in [0.1, 0.15) is 33.1 Å². The highest BCUT2D eigenvalue weighted by atomic mass is 16.5. The van der Waals surface area contributed by atoms with Gasteiger partial charge in [-0.25, -0.2) is 0 Å². The summed E-state index contributed by atoms with van der Waals surface area (Å²) in [5.41, 5.74) is 0.0788. The summed E-state index contributed by atoms with van der Waals surface area (Å²) in [6, 6.07) is 0.712. The second-order valence-corrected chi connectivity index (χ2v) is 5.77. The van der Waals surface area contributed by atoms with Crippen LogP contribution in [0.5, 0.6) is 0 Å². The molecule has 2 heterocycles. The normalized spacial score (nSPS) is 42.2. The molecule has 1 N–H and O–H groups in total. The van der Waals surface area contributed by atoms with Gasteiger partial charge in [-0.15, -0.1) is 0 Å². The van der Waals surface area contributed by atoms with Gasteiger partial charge in [0.1, 0.15) is 0 Å². The topological polar surface area (TPSA) is 24.5 Å². The highest BCUT2D eigenvalue weighted by Gasteiger charge is 2.36. The average Bonchev–Trinajstić information content (AvgIpc) is 2.30. The van der Waals surface area contributed by atoms with Gasteiger partial charge in [-0.2, -0.15) is 0 Å². The van der Waals surface area contributed by atoms with E-state index < -0.39 is 0 Å². The molecule has 3 unspecified atom stereocenters. The van der Waals surface area contributed by atoms with Crippen molar-refractivity contribution in [2.75, 3.05) is 33.3 Å². The van der Waals surface area contributed by atoms with E-state index in [1.165, 1.54) is 32.4 Å². The molecular formula is C13H26N2O. The van der Waals surface area contributed by atoms with Crippen LogP contribution in [-0.2, 0) is 4.74 Å². The Morgan fingerprint density at radius 1 is 1.44 bits per heavy atom. The molecule has 0 aromatic heterocycles. The number of hydrogen-bond donors (Lipinski definition) is 1. The zero-order chi connectivity index (χ0) is 11.6. The van der Waals surface area contributed by atoms with Gasteiger partial charge in [-0.3, -0.25) is 4.90 Å². The molecule has 3 heteroatoms. The molecular weight excluding hydrogens is 200 g/mol. The van der Waals surface area contributed by atoms with E-state index in [4.69, 9.17) is 4.74 Å². The number of methoxy groups -OCH3 is 1. The van der Waals surface area contributed by atoms with Crippen LogP contribution in [0.2, 0.25) is 0 Å². The maximum atomic E-state index is 5.67. The predicted octanol–water partition coefficient (Wildman–Crippen LogP) is 1.49. The molecule has 2 rings (SSSR count). The molecule has 94 valence electrons. The smallest absolute Gasteiger partial charge is 0.0777 e. The second-order valence-electron chi connectivity index (χ2n) is 5.77. The highest BCUT2D eigenvalue weighted by Crippen LogP contribution is 2.28. The van der Waals surface area contributed by atoms with Crippen LogP contribution in [0.15, 0.2) is 0 Å². The third kappa shape index (κ3) is 2.58. The standard InChI is InChI=1S/C13H26N2O/c1-11-5-7-14-9-12(11)15-8-4-6-13(2,10-15)16-3/h11-12,14H,4-10H2,1-3H3. The van der Waals surface area contributed by atoms with Crippen molar-refractivity contribution in [2.45, 2.75) is 44.8 Å². The summed E-state index contributed by atoms with van der Waals surface area (Å²) < 4.78 is 5.67. The maximum Gasteiger partial charge on any atom is 0.0777 e. The fourth-order valence-electron chi connectivity index (χ4n) is 3.16. The van der Waals surface area contributed by atoms with Crippen LogP contribution in [0.4, 0.5) is 0 Å². The van der Waals surface area contributed by atoms with Gasteiger partial charge in [0.25, 0.3) is 0 Å². The molecule has 0 radical (unpaired) electrons. The molecule has 16 heavy (non-hydrogen) atoms. The van der Waals surface area contributed by atoms with Crippen LogP contribution in [-0.4, -0.2) is 49.8 Å². The Hall–Kier alpha value is -0.120. The zero-order valence-electron chi connectivity index (χ0n) is 11.0. The number of likely N-dealkylation sites (tertiary alicyclic amines) is 1. The van der Waals surface area contributed by atoms with Crippen molar-refractivity contribution in [3.63, 3.8) is 0 Å². The first-order valence-corrected chi connectivity index (χ1v) is 6.64. The number of ether oxygens (including phenoxy) is 1. The SMILES string of the molecule is COC1(C)CCCN(C2CNCCC2C)C1. The first kappa shape index (κ1) is 12.3. The molecule has 2 fully saturated rings. The fourth-order valence-corrected chi connectivity index (χ4v) is 3.16. The van der Waals surface area contributed by atoms with Crippen molar-refractivity contribution < 1.29 is 4.74 Å². The van der Waals surface area contributed by atoms with E-state index in [1.54, 1.807) is 0 Å². The molecule has 3 nitrogen and oxygen atoms in total. The van der Waals surface area contributed by atoms with Crippen molar-refractivity contribution in [3.8, 4) is 0 Å². The molecule has 0 amide bonds. The van der Waals surface area contributed by atoms with E-state index in [1.807, 2.05) is 7.11 Å². The lowest BCUT2D eigenvalue weighted by molar-refractivity contribution is -0.0686. The first-order chi connectivity index (χ1) is 7.64. The van der Waals surface area contributed by atoms with Gasteiger partial charge >= 0.3 is 0 Å². The molecule has 0 spiro atoms. The van der Waals surface area contributed by atoms with Gasteiger partial charge in [0, 0.05) is 26.2 Å². The van der Waals surface area contributed by atoms with Crippen LogP contribution in [0.3, 0.4) is 0 Å². The minimum Gasteiger partial charge on any atom is -0.377 e. The average molecular weight is 226 g/mol. The second kappa shape index (κ2) is 5.03. The van der Waals surface area contributed by atoms with E-state index in [0.29, 0.717) is 6.04 Å². The maximum absolute atomic E-state index is 5.67. The van der Waals surface area contributed by atoms with Gasteiger partial charge < -0.3 is 10.1 Å². The highest BCUT2D eigenvalue weighted by molar-refractivity contribution is 4.91.